The summed E-state index contributed by atoms with van der Waals surface area (Å²) in [4.78, 5) is 4.43. The van der Waals surface area contributed by atoms with Gasteiger partial charge in [0, 0.05) is 29.9 Å². The Morgan fingerprint density at radius 3 is 2.90 bits per heavy atom. The number of hydrogen-bond acceptors (Lipinski definition) is 4. The highest BCUT2D eigenvalue weighted by molar-refractivity contribution is 5.91. The molecular weight excluding hydrogens is 262 g/mol. The van der Waals surface area contributed by atoms with Crippen LogP contribution in [-0.4, -0.2) is 35.8 Å². The Morgan fingerprint density at radius 2 is 2.10 bits per heavy atom. The SMILES string of the molecule is Cc1ccc2c(NC(C)CCCNCCO)ccnc2c1. The van der Waals surface area contributed by atoms with E-state index in [1.54, 1.807) is 0 Å². The van der Waals surface area contributed by atoms with Crippen molar-refractivity contribution in [3.8, 4) is 0 Å². The molecule has 4 nitrogen and oxygen atoms in total. The maximum absolute atomic E-state index is 8.71. The van der Waals surface area contributed by atoms with E-state index >= 15 is 0 Å². The third-order valence-electron chi connectivity index (χ3n) is 3.58. The molecule has 0 aliphatic rings. The molecule has 1 heterocycles. The zero-order valence-corrected chi connectivity index (χ0v) is 12.9. The van der Waals surface area contributed by atoms with Gasteiger partial charge in [-0.3, -0.25) is 4.98 Å². The summed E-state index contributed by atoms with van der Waals surface area (Å²) in [6.07, 6.45) is 4.05. The van der Waals surface area contributed by atoms with E-state index in [2.05, 4.69) is 47.7 Å². The molecule has 2 aromatic rings. The molecule has 4 heteroatoms. The fraction of sp³-hybridized carbons (Fsp3) is 0.471. The van der Waals surface area contributed by atoms with Gasteiger partial charge in [-0.05, 0) is 50.9 Å². The number of aromatic nitrogens is 1. The predicted octanol–water partition coefficient (Wildman–Crippen LogP) is 2.71. The maximum Gasteiger partial charge on any atom is 0.0725 e. The van der Waals surface area contributed by atoms with Crippen LogP contribution >= 0.6 is 0 Å². The summed E-state index contributed by atoms with van der Waals surface area (Å²) in [5.74, 6) is 0. The summed E-state index contributed by atoms with van der Waals surface area (Å²) in [5, 5.41) is 16.7. The molecule has 3 N–H and O–H groups in total. The predicted molar refractivity (Wildman–Crippen MR) is 88.8 cm³/mol. The Balaban J connectivity index is 1.93. The molecule has 1 unspecified atom stereocenters. The van der Waals surface area contributed by atoms with Crippen molar-refractivity contribution in [3.63, 3.8) is 0 Å². The number of aryl methyl sites for hydroxylation is 1. The normalized spacial score (nSPS) is 12.5. The number of nitrogens with zero attached hydrogens (tertiary/aromatic N) is 1. The lowest BCUT2D eigenvalue weighted by Crippen LogP contribution is -2.22. The quantitative estimate of drug-likeness (QED) is 0.653. The first-order chi connectivity index (χ1) is 10.2. The Kier molecular flexibility index (Phi) is 5.96. The van der Waals surface area contributed by atoms with Crippen LogP contribution in [0.3, 0.4) is 0 Å². The third-order valence-corrected chi connectivity index (χ3v) is 3.58. The minimum absolute atomic E-state index is 0.205. The van der Waals surface area contributed by atoms with E-state index in [0.717, 1.165) is 30.6 Å². The molecule has 0 aliphatic carbocycles. The van der Waals surface area contributed by atoms with Crippen molar-refractivity contribution in [1.82, 2.24) is 10.3 Å². The fourth-order valence-electron chi connectivity index (χ4n) is 2.46. The summed E-state index contributed by atoms with van der Waals surface area (Å²) < 4.78 is 0. The smallest absolute Gasteiger partial charge is 0.0725 e. The second kappa shape index (κ2) is 7.96. The van der Waals surface area contributed by atoms with Crippen LogP contribution in [0.25, 0.3) is 10.9 Å². The first-order valence-corrected chi connectivity index (χ1v) is 7.64. The Morgan fingerprint density at radius 1 is 1.24 bits per heavy atom. The molecule has 0 spiro atoms. The van der Waals surface area contributed by atoms with E-state index in [4.69, 9.17) is 5.11 Å². The van der Waals surface area contributed by atoms with E-state index in [9.17, 15) is 0 Å². The molecule has 1 aromatic heterocycles. The number of nitrogens with one attached hydrogen (secondary N) is 2. The minimum Gasteiger partial charge on any atom is -0.395 e. The van der Waals surface area contributed by atoms with Crippen molar-refractivity contribution in [1.29, 1.82) is 0 Å². The van der Waals surface area contributed by atoms with Crippen molar-refractivity contribution < 1.29 is 5.11 Å². The number of rotatable bonds is 8. The van der Waals surface area contributed by atoms with E-state index in [0.29, 0.717) is 12.6 Å². The summed E-state index contributed by atoms with van der Waals surface area (Å²) >= 11 is 0. The molecular formula is C17H25N3O. The molecule has 0 fully saturated rings. The molecule has 0 bridgehead atoms. The largest absolute Gasteiger partial charge is 0.395 e. The lowest BCUT2D eigenvalue weighted by molar-refractivity contribution is 0.292. The average molecular weight is 287 g/mol. The van der Waals surface area contributed by atoms with Crippen LogP contribution in [0.15, 0.2) is 30.5 Å². The van der Waals surface area contributed by atoms with E-state index < -0.39 is 0 Å². The third kappa shape index (κ3) is 4.69. The fourth-order valence-corrected chi connectivity index (χ4v) is 2.46. The molecule has 0 saturated heterocycles. The highest BCUT2D eigenvalue weighted by Gasteiger charge is 2.06. The number of benzene rings is 1. The molecule has 0 saturated carbocycles. The molecule has 0 amide bonds. The van der Waals surface area contributed by atoms with Crippen LogP contribution in [0.1, 0.15) is 25.3 Å². The lowest BCUT2D eigenvalue weighted by Gasteiger charge is -2.17. The monoisotopic (exact) mass is 287 g/mol. The second-order valence-electron chi connectivity index (χ2n) is 5.54. The molecule has 1 atom stereocenters. The topological polar surface area (TPSA) is 57.2 Å². The van der Waals surface area contributed by atoms with Gasteiger partial charge >= 0.3 is 0 Å². The number of hydrogen-bond donors (Lipinski definition) is 3. The molecule has 0 radical (unpaired) electrons. The van der Waals surface area contributed by atoms with Crippen LogP contribution in [0.2, 0.25) is 0 Å². The highest BCUT2D eigenvalue weighted by atomic mass is 16.3. The van der Waals surface area contributed by atoms with Crippen LogP contribution in [0, 0.1) is 6.92 Å². The van der Waals surface area contributed by atoms with Crippen LogP contribution in [0.4, 0.5) is 5.69 Å². The second-order valence-corrected chi connectivity index (χ2v) is 5.54. The van der Waals surface area contributed by atoms with Crippen molar-refractivity contribution in [2.75, 3.05) is 25.0 Å². The van der Waals surface area contributed by atoms with Gasteiger partial charge in [0.2, 0.25) is 0 Å². The van der Waals surface area contributed by atoms with Crippen molar-refractivity contribution in [2.24, 2.45) is 0 Å². The number of fused-ring (bicyclic) bond motifs is 1. The van der Waals surface area contributed by atoms with Gasteiger partial charge in [0.05, 0.1) is 12.1 Å². The molecule has 2 rings (SSSR count). The van der Waals surface area contributed by atoms with Crippen molar-refractivity contribution >= 4 is 16.6 Å². The van der Waals surface area contributed by atoms with Gasteiger partial charge in [-0.15, -0.1) is 0 Å². The number of aliphatic hydroxyl groups excluding tert-OH is 1. The minimum atomic E-state index is 0.205. The number of anilines is 1. The van der Waals surface area contributed by atoms with E-state index in [-0.39, 0.29) is 6.61 Å². The Bertz CT molecular complexity index is 571. The van der Waals surface area contributed by atoms with Gasteiger partial charge in [0.1, 0.15) is 0 Å². The van der Waals surface area contributed by atoms with Crippen LogP contribution < -0.4 is 10.6 Å². The van der Waals surface area contributed by atoms with Gasteiger partial charge in [-0.25, -0.2) is 0 Å². The van der Waals surface area contributed by atoms with Crippen molar-refractivity contribution in [2.45, 2.75) is 32.7 Å². The summed E-state index contributed by atoms with van der Waals surface area (Å²) in [7, 11) is 0. The summed E-state index contributed by atoms with van der Waals surface area (Å²) in [5.41, 5.74) is 3.42. The average Bonchev–Trinajstić information content (AvgIpc) is 2.47. The van der Waals surface area contributed by atoms with Gasteiger partial charge < -0.3 is 15.7 Å². The van der Waals surface area contributed by atoms with Crippen molar-refractivity contribution in [3.05, 3.63) is 36.0 Å². The molecule has 1 aromatic carbocycles. The molecule has 0 aliphatic heterocycles. The van der Waals surface area contributed by atoms with Gasteiger partial charge in [-0.2, -0.15) is 0 Å². The zero-order valence-electron chi connectivity index (χ0n) is 12.9. The van der Waals surface area contributed by atoms with Gasteiger partial charge in [0.15, 0.2) is 0 Å². The maximum atomic E-state index is 8.71. The highest BCUT2D eigenvalue weighted by Crippen LogP contribution is 2.23. The first-order valence-electron chi connectivity index (χ1n) is 7.64. The van der Waals surface area contributed by atoms with Crippen LogP contribution in [0.5, 0.6) is 0 Å². The summed E-state index contributed by atoms with van der Waals surface area (Å²) in [6, 6.07) is 8.82. The van der Waals surface area contributed by atoms with Gasteiger partial charge in [-0.1, -0.05) is 12.1 Å². The number of aliphatic hydroxyl groups is 1. The molecule has 114 valence electrons. The van der Waals surface area contributed by atoms with E-state index in [1.807, 2.05) is 12.3 Å². The number of pyridine rings is 1. The first kappa shape index (κ1) is 15.7. The van der Waals surface area contributed by atoms with Crippen LogP contribution in [-0.2, 0) is 0 Å². The molecule has 21 heavy (non-hydrogen) atoms. The standard InChI is InChI=1S/C17H25N3O/c1-13-5-6-15-16(7-9-19-17(15)12-13)20-14(2)4-3-8-18-10-11-21/h5-7,9,12,14,18,21H,3-4,8,10-11H2,1-2H3,(H,19,20). The lowest BCUT2D eigenvalue weighted by atomic mass is 10.1. The van der Waals surface area contributed by atoms with E-state index in [1.165, 1.54) is 10.9 Å². The zero-order chi connectivity index (χ0) is 15.1. The Hall–Kier alpha value is -1.65. The summed E-state index contributed by atoms with van der Waals surface area (Å²) in [6.45, 7) is 6.12. The van der Waals surface area contributed by atoms with Gasteiger partial charge in [0.25, 0.3) is 0 Å². The Labute approximate surface area is 126 Å².